The average molecular weight is 205 g/mol. The summed E-state index contributed by atoms with van der Waals surface area (Å²) >= 11 is 0. The average Bonchev–Trinajstić information content (AvgIpc) is 2.58. The van der Waals surface area contributed by atoms with Gasteiger partial charge in [0.05, 0.1) is 0 Å². The Bertz CT molecular complexity index is 348. The van der Waals surface area contributed by atoms with Gasteiger partial charge < -0.3 is 10.5 Å². The highest BCUT2D eigenvalue weighted by Gasteiger charge is 2.23. The van der Waals surface area contributed by atoms with Crippen LogP contribution in [0, 0.1) is 13.8 Å². The summed E-state index contributed by atoms with van der Waals surface area (Å²) in [5.74, 6) is 1.02. The van der Waals surface area contributed by atoms with E-state index in [1.165, 1.54) is 11.1 Å². The molecule has 0 saturated heterocycles. The van der Waals surface area contributed by atoms with Gasteiger partial charge in [0.15, 0.2) is 0 Å². The normalized spacial score (nSPS) is 25.5. The molecule has 0 radical (unpaired) electrons. The molecule has 1 aliphatic carbocycles. The van der Waals surface area contributed by atoms with E-state index in [1.54, 1.807) is 0 Å². The summed E-state index contributed by atoms with van der Waals surface area (Å²) in [7, 11) is 0. The van der Waals surface area contributed by atoms with E-state index in [4.69, 9.17) is 10.5 Å². The molecule has 2 N–H and O–H groups in total. The molecule has 1 saturated carbocycles. The number of hydrogen-bond acceptors (Lipinski definition) is 2. The Balaban J connectivity index is 2.07. The van der Waals surface area contributed by atoms with Crippen LogP contribution in [0.1, 0.15) is 30.4 Å². The predicted octanol–water partition coefficient (Wildman–Crippen LogP) is 2.56. The molecule has 0 heterocycles. The summed E-state index contributed by atoms with van der Waals surface area (Å²) in [6.07, 6.45) is 3.50. The molecule has 2 nitrogen and oxygen atoms in total. The Labute approximate surface area is 91.4 Å². The fourth-order valence-electron chi connectivity index (χ4n) is 2.09. The third-order valence-electron chi connectivity index (χ3n) is 3.06. The number of hydrogen-bond donors (Lipinski definition) is 1. The van der Waals surface area contributed by atoms with Crippen molar-refractivity contribution in [3.63, 3.8) is 0 Å². The van der Waals surface area contributed by atoms with Gasteiger partial charge in [-0.05, 0) is 50.3 Å². The molecule has 2 unspecified atom stereocenters. The van der Waals surface area contributed by atoms with Crippen molar-refractivity contribution in [3.05, 3.63) is 29.3 Å². The molecule has 1 aromatic carbocycles. The SMILES string of the molecule is Cc1ccc(C)c(OC2CCC(N)C2)c1. The van der Waals surface area contributed by atoms with Gasteiger partial charge >= 0.3 is 0 Å². The van der Waals surface area contributed by atoms with Gasteiger partial charge in [0, 0.05) is 6.04 Å². The fraction of sp³-hybridized carbons (Fsp3) is 0.538. The van der Waals surface area contributed by atoms with Gasteiger partial charge in [0.1, 0.15) is 11.9 Å². The highest BCUT2D eigenvalue weighted by Crippen LogP contribution is 2.26. The minimum atomic E-state index is 0.320. The lowest BCUT2D eigenvalue weighted by Gasteiger charge is -2.15. The Hall–Kier alpha value is -1.02. The lowest BCUT2D eigenvalue weighted by atomic mass is 10.1. The van der Waals surface area contributed by atoms with Crippen LogP contribution >= 0.6 is 0 Å². The molecule has 0 aromatic heterocycles. The maximum atomic E-state index is 5.98. The van der Waals surface area contributed by atoms with E-state index in [0.29, 0.717) is 12.1 Å². The first kappa shape index (κ1) is 10.5. The summed E-state index contributed by atoms with van der Waals surface area (Å²) in [6, 6.07) is 6.67. The minimum absolute atomic E-state index is 0.320. The zero-order valence-corrected chi connectivity index (χ0v) is 9.49. The van der Waals surface area contributed by atoms with Gasteiger partial charge in [0.25, 0.3) is 0 Å². The van der Waals surface area contributed by atoms with E-state index < -0.39 is 0 Å². The van der Waals surface area contributed by atoms with Crippen LogP contribution in [0.4, 0.5) is 0 Å². The van der Waals surface area contributed by atoms with Crippen LogP contribution in [-0.2, 0) is 0 Å². The van der Waals surface area contributed by atoms with Crippen LogP contribution in [0.3, 0.4) is 0 Å². The van der Waals surface area contributed by atoms with E-state index in [-0.39, 0.29) is 0 Å². The van der Waals surface area contributed by atoms with Crippen molar-refractivity contribution < 1.29 is 4.74 Å². The van der Waals surface area contributed by atoms with Crippen LogP contribution < -0.4 is 10.5 Å². The first-order valence-corrected chi connectivity index (χ1v) is 5.64. The molecule has 0 spiro atoms. The molecule has 0 amide bonds. The van der Waals surface area contributed by atoms with E-state index in [9.17, 15) is 0 Å². The molecule has 2 atom stereocenters. The second-order valence-electron chi connectivity index (χ2n) is 4.58. The maximum absolute atomic E-state index is 5.98. The van der Waals surface area contributed by atoms with Gasteiger partial charge in [-0.25, -0.2) is 0 Å². The maximum Gasteiger partial charge on any atom is 0.122 e. The van der Waals surface area contributed by atoms with E-state index in [2.05, 4.69) is 32.0 Å². The van der Waals surface area contributed by atoms with Crippen molar-refractivity contribution in [2.45, 2.75) is 45.3 Å². The second kappa shape index (κ2) is 4.23. The van der Waals surface area contributed by atoms with Crippen molar-refractivity contribution in [1.82, 2.24) is 0 Å². The Kier molecular flexibility index (Phi) is 2.96. The number of ether oxygens (including phenoxy) is 1. The zero-order chi connectivity index (χ0) is 10.8. The van der Waals surface area contributed by atoms with Crippen LogP contribution in [0.2, 0.25) is 0 Å². The molecular weight excluding hydrogens is 186 g/mol. The van der Waals surface area contributed by atoms with Crippen molar-refractivity contribution in [3.8, 4) is 5.75 Å². The molecule has 1 aliphatic rings. The Morgan fingerprint density at radius 1 is 1.27 bits per heavy atom. The van der Waals surface area contributed by atoms with Crippen LogP contribution in [-0.4, -0.2) is 12.1 Å². The van der Waals surface area contributed by atoms with E-state index >= 15 is 0 Å². The highest BCUT2D eigenvalue weighted by molar-refractivity contribution is 5.36. The Morgan fingerprint density at radius 2 is 2.07 bits per heavy atom. The molecule has 82 valence electrons. The first-order valence-electron chi connectivity index (χ1n) is 5.64. The van der Waals surface area contributed by atoms with Gasteiger partial charge in [-0.2, -0.15) is 0 Å². The predicted molar refractivity (Wildman–Crippen MR) is 62.2 cm³/mol. The summed E-state index contributed by atoms with van der Waals surface area (Å²) in [5, 5.41) is 0. The molecule has 15 heavy (non-hydrogen) atoms. The Morgan fingerprint density at radius 3 is 2.73 bits per heavy atom. The number of rotatable bonds is 2. The molecule has 1 aromatic rings. The third-order valence-corrected chi connectivity index (χ3v) is 3.06. The lowest BCUT2D eigenvalue weighted by molar-refractivity contribution is 0.207. The minimum Gasteiger partial charge on any atom is -0.490 e. The molecule has 2 heteroatoms. The van der Waals surface area contributed by atoms with Crippen LogP contribution in [0.15, 0.2) is 18.2 Å². The van der Waals surface area contributed by atoms with Crippen molar-refractivity contribution in [2.75, 3.05) is 0 Å². The quantitative estimate of drug-likeness (QED) is 0.805. The first-order chi connectivity index (χ1) is 7.15. The second-order valence-corrected chi connectivity index (χ2v) is 4.58. The van der Waals surface area contributed by atoms with Crippen molar-refractivity contribution in [2.24, 2.45) is 5.73 Å². The molecule has 1 fully saturated rings. The van der Waals surface area contributed by atoms with Gasteiger partial charge in [-0.1, -0.05) is 12.1 Å². The summed E-state index contributed by atoms with van der Waals surface area (Å²) in [4.78, 5) is 0. The zero-order valence-electron chi connectivity index (χ0n) is 9.49. The standard InChI is InChI=1S/C13H19NO/c1-9-3-4-10(2)13(7-9)15-12-6-5-11(14)8-12/h3-4,7,11-12H,5-6,8,14H2,1-2H3. The lowest BCUT2D eigenvalue weighted by Crippen LogP contribution is -2.19. The van der Waals surface area contributed by atoms with Gasteiger partial charge in [-0.15, -0.1) is 0 Å². The van der Waals surface area contributed by atoms with Gasteiger partial charge in [-0.3, -0.25) is 0 Å². The van der Waals surface area contributed by atoms with Gasteiger partial charge in [0.2, 0.25) is 0 Å². The van der Waals surface area contributed by atoms with Crippen molar-refractivity contribution in [1.29, 1.82) is 0 Å². The van der Waals surface area contributed by atoms with Crippen LogP contribution in [0.25, 0.3) is 0 Å². The summed E-state index contributed by atoms with van der Waals surface area (Å²) in [6.45, 7) is 4.18. The molecule has 0 aliphatic heterocycles. The smallest absolute Gasteiger partial charge is 0.122 e. The van der Waals surface area contributed by atoms with Crippen molar-refractivity contribution >= 4 is 0 Å². The number of nitrogens with two attached hydrogens (primary N) is 1. The number of benzene rings is 1. The fourth-order valence-corrected chi connectivity index (χ4v) is 2.09. The highest BCUT2D eigenvalue weighted by atomic mass is 16.5. The monoisotopic (exact) mass is 205 g/mol. The van der Waals surface area contributed by atoms with E-state index in [0.717, 1.165) is 25.0 Å². The van der Waals surface area contributed by atoms with Crippen LogP contribution in [0.5, 0.6) is 5.75 Å². The molecule has 0 bridgehead atoms. The number of aryl methyl sites for hydroxylation is 2. The third kappa shape index (κ3) is 2.51. The molecular formula is C13H19NO. The van der Waals surface area contributed by atoms with E-state index in [1.807, 2.05) is 0 Å². The largest absolute Gasteiger partial charge is 0.490 e. The topological polar surface area (TPSA) is 35.2 Å². The summed E-state index contributed by atoms with van der Waals surface area (Å²) < 4.78 is 5.98. The summed E-state index contributed by atoms with van der Waals surface area (Å²) in [5.41, 5.74) is 8.32. The molecule has 2 rings (SSSR count).